The molecule has 1 aliphatic rings. The topological polar surface area (TPSA) is 66.7 Å². The van der Waals surface area contributed by atoms with E-state index in [1.807, 2.05) is 6.26 Å². The first kappa shape index (κ1) is 14.9. The summed E-state index contributed by atoms with van der Waals surface area (Å²) < 4.78 is 5.03. The SMILES string of the molecule is CSCCC(=O)N1CCCN1C(=O)c1c(C)noc1C. The Balaban J connectivity index is 2.15. The van der Waals surface area contributed by atoms with Crippen LogP contribution in [0.5, 0.6) is 0 Å². The normalized spacial score (nSPS) is 14.9. The number of hydrazine groups is 1. The van der Waals surface area contributed by atoms with Crippen molar-refractivity contribution in [2.45, 2.75) is 26.7 Å². The molecule has 0 N–H and O–H groups in total. The third-order valence-corrected chi connectivity index (χ3v) is 3.93. The highest BCUT2D eigenvalue weighted by atomic mass is 32.2. The number of rotatable bonds is 4. The van der Waals surface area contributed by atoms with E-state index in [1.165, 1.54) is 5.01 Å². The second-order valence-electron chi connectivity index (χ2n) is 4.74. The van der Waals surface area contributed by atoms with Gasteiger partial charge in [-0.1, -0.05) is 5.16 Å². The van der Waals surface area contributed by atoms with Gasteiger partial charge in [0.05, 0.1) is 5.69 Å². The van der Waals surface area contributed by atoms with Crippen LogP contribution < -0.4 is 0 Å². The van der Waals surface area contributed by atoms with Crippen LogP contribution in [0.3, 0.4) is 0 Å². The molecule has 2 amide bonds. The Morgan fingerprint density at radius 1 is 1.30 bits per heavy atom. The standard InChI is InChI=1S/C13H19N3O3S/c1-9-12(10(2)19-14-9)13(18)16-7-4-6-15(16)11(17)5-8-20-3/h4-8H2,1-3H3. The number of hydrogen-bond donors (Lipinski definition) is 0. The predicted octanol–water partition coefficient (Wildman–Crippen LogP) is 1.63. The van der Waals surface area contributed by atoms with Crippen LogP contribution in [0.1, 0.15) is 34.7 Å². The molecule has 6 nitrogen and oxygen atoms in total. The van der Waals surface area contributed by atoms with E-state index >= 15 is 0 Å². The van der Waals surface area contributed by atoms with Crippen LogP contribution in [0.4, 0.5) is 0 Å². The molecule has 0 saturated carbocycles. The number of aryl methyl sites for hydroxylation is 2. The molecule has 7 heteroatoms. The van der Waals surface area contributed by atoms with Crippen LogP contribution in [0, 0.1) is 13.8 Å². The monoisotopic (exact) mass is 297 g/mol. The molecule has 0 radical (unpaired) electrons. The highest BCUT2D eigenvalue weighted by Crippen LogP contribution is 2.20. The van der Waals surface area contributed by atoms with Gasteiger partial charge in [-0.2, -0.15) is 11.8 Å². The lowest BCUT2D eigenvalue weighted by atomic mass is 10.2. The van der Waals surface area contributed by atoms with Crippen molar-refractivity contribution in [1.82, 2.24) is 15.2 Å². The van der Waals surface area contributed by atoms with Gasteiger partial charge in [0.2, 0.25) is 5.91 Å². The van der Waals surface area contributed by atoms with Crippen LogP contribution in [0.25, 0.3) is 0 Å². The zero-order valence-corrected chi connectivity index (χ0v) is 12.8. The summed E-state index contributed by atoms with van der Waals surface area (Å²) in [6.45, 7) is 4.61. The number of aromatic nitrogens is 1. The zero-order valence-electron chi connectivity index (χ0n) is 12.0. The molecule has 0 atom stereocenters. The van der Waals surface area contributed by atoms with E-state index in [1.54, 1.807) is 30.6 Å². The van der Waals surface area contributed by atoms with Crippen molar-refractivity contribution in [3.05, 3.63) is 17.0 Å². The fourth-order valence-electron chi connectivity index (χ4n) is 2.32. The van der Waals surface area contributed by atoms with Gasteiger partial charge in [0, 0.05) is 25.3 Å². The number of amides is 2. The Labute approximate surface area is 122 Å². The molecule has 0 aliphatic carbocycles. The number of hydrogen-bond acceptors (Lipinski definition) is 5. The van der Waals surface area contributed by atoms with Crippen LogP contribution in [-0.4, -0.2) is 52.1 Å². The average molecular weight is 297 g/mol. The number of carbonyl (C=O) groups is 2. The zero-order chi connectivity index (χ0) is 14.7. The third kappa shape index (κ3) is 2.82. The maximum atomic E-state index is 12.6. The number of nitrogens with zero attached hydrogens (tertiary/aromatic N) is 3. The molecule has 2 heterocycles. The summed E-state index contributed by atoms with van der Waals surface area (Å²) >= 11 is 1.63. The first-order chi connectivity index (χ1) is 9.56. The molecular weight excluding hydrogens is 278 g/mol. The van der Waals surface area contributed by atoms with Crippen LogP contribution in [0.2, 0.25) is 0 Å². The van der Waals surface area contributed by atoms with E-state index in [0.717, 1.165) is 12.2 Å². The third-order valence-electron chi connectivity index (χ3n) is 3.32. The van der Waals surface area contributed by atoms with Crippen molar-refractivity contribution >= 4 is 23.6 Å². The molecule has 1 aromatic heterocycles. The van der Waals surface area contributed by atoms with Crippen molar-refractivity contribution < 1.29 is 14.1 Å². The van der Waals surface area contributed by atoms with Crippen molar-refractivity contribution in [3.8, 4) is 0 Å². The summed E-state index contributed by atoms with van der Waals surface area (Å²) in [4.78, 5) is 24.7. The summed E-state index contributed by atoms with van der Waals surface area (Å²) in [6, 6.07) is 0. The van der Waals surface area contributed by atoms with Crippen molar-refractivity contribution in [2.24, 2.45) is 0 Å². The largest absolute Gasteiger partial charge is 0.361 e. The van der Waals surface area contributed by atoms with Crippen LogP contribution >= 0.6 is 11.8 Å². The minimum Gasteiger partial charge on any atom is -0.361 e. The summed E-state index contributed by atoms with van der Waals surface area (Å²) in [7, 11) is 0. The Morgan fingerprint density at radius 2 is 2.00 bits per heavy atom. The van der Waals surface area contributed by atoms with E-state index in [-0.39, 0.29) is 11.8 Å². The highest BCUT2D eigenvalue weighted by molar-refractivity contribution is 7.98. The van der Waals surface area contributed by atoms with Crippen LogP contribution in [0.15, 0.2) is 4.52 Å². The van der Waals surface area contributed by atoms with Gasteiger partial charge in [-0.25, -0.2) is 5.01 Å². The lowest BCUT2D eigenvalue weighted by molar-refractivity contribution is -0.140. The predicted molar refractivity (Wildman–Crippen MR) is 76.3 cm³/mol. The van der Waals surface area contributed by atoms with E-state index < -0.39 is 0 Å². The molecule has 2 rings (SSSR count). The van der Waals surface area contributed by atoms with Crippen LogP contribution in [-0.2, 0) is 4.79 Å². The van der Waals surface area contributed by atoms with Gasteiger partial charge in [0.15, 0.2) is 0 Å². The van der Waals surface area contributed by atoms with E-state index in [9.17, 15) is 9.59 Å². The summed E-state index contributed by atoms with van der Waals surface area (Å²) in [5.41, 5.74) is 1.03. The fourth-order valence-corrected chi connectivity index (χ4v) is 2.70. The molecule has 1 saturated heterocycles. The van der Waals surface area contributed by atoms with Crippen molar-refractivity contribution in [1.29, 1.82) is 0 Å². The summed E-state index contributed by atoms with van der Waals surface area (Å²) in [5.74, 6) is 1.06. The Morgan fingerprint density at radius 3 is 2.60 bits per heavy atom. The first-order valence-electron chi connectivity index (χ1n) is 6.60. The van der Waals surface area contributed by atoms with Gasteiger partial charge in [-0.05, 0) is 26.5 Å². The molecule has 1 fully saturated rings. The Kier molecular flexibility index (Phi) is 4.69. The molecule has 20 heavy (non-hydrogen) atoms. The molecule has 0 unspecified atom stereocenters. The average Bonchev–Trinajstić information content (AvgIpc) is 3.03. The number of carbonyl (C=O) groups excluding carboxylic acids is 2. The molecule has 1 aliphatic heterocycles. The fraction of sp³-hybridized carbons (Fsp3) is 0.615. The summed E-state index contributed by atoms with van der Waals surface area (Å²) in [5, 5.41) is 6.88. The second-order valence-corrected chi connectivity index (χ2v) is 5.73. The minimum absolute atomic E-state index is 0.00281. The molecule has 0 bridgehead atoms. The van der Waals surface area contributed by atoms with Gasteiger partial charge in [0.25, 0.3) is 5.91 Å². The maximum absolute atomic E-state index is 12.6. The molecular formula is C13H19N3O3S. The second kappa shape index (κ2) is 6.30. The molecule has 0 aromatic carbocycles. The molecule has 0 spiro atoms. The first-order valence-corrected chi connectivity index (χ1v) is 7.99. The number of thioether (sulfide) groups is 1. The van der Waals surface area contributed by atoms with Gasteiger partial charge in [0.1, 0.15) is 11.3 Å². The van der Waals surface area contributed by atoms with Crippen molar-refractivity contribution in [2.75, 3.05) is 25.1 Å². The minimum atomic E-state index is -0.198. The lowest BCUT2D eigenvalue weighted by Gasteiger charge is -2.27. The van der Waals surface area contributed by atoms with Gasteiger partial charge in [-0.15, -0.1) is 0 Å². The summed E-state index contributed by atoms with van der Waals surface area (Å²) in [6.07, 6.45) is 3.22. The van der Waals surface area contributed by atoms with Crippen molar-refractivity contribution in [3.63, 3.8) is 0 Å². The quantitative estimate of drug-likeness (QED) is 0.845. The Hall–Kier alpha value is -1.50. The highest BCUT2D eigenvalue weighted by Gasteiger charge is 2.33. The van der Waals surface area contributed by atoms with E-state index in [0.29, 0.717) is 36.5 Å². The van der Waals surface area contributed by atoms with E-state index in [2.05, 4.69) is 5.16 Å². The molecule has 1 aromatic rings. The van der Waals surface area contributed by atoms with Gasteiger partial charge >= 0.3 is 0 Å². The lowest BCUT2D eigenvalue weighted by Crippen LogP contribution is -2.45. The Bertz CT molecular complexity index is 495. The van der Waals surface area contributed by atoms with Gasteiger partial charge < -0.3 is 4.52 Å². The maximum Gasteiger partial charge on any atom is 0.277 e. The van der Waals surface area contributed by atoms with Gasteiger partial charge in [-0.3, -0.25) is 14.6 Å². The van der Waals surface area contributed by atoms with E-state index in [4.69, 9.17) is 4.52 Å². The smallest absolute Gasteiger partial charge is 0.277 e. The molecule has 110 valence electrons.